The summed E-state index contributed by atoms with van der Waals surface area (Å²) < 4.78 is 19.1. The van der Waals surface area contributed by atoms with E-state index in [2.05, 4.69) is 10.6 Å². The minimum atomic E-state index is -0.201. The maximum atomic E-state index is 13.1. The summed E-state index contributed by atoms with van der Waals surface area (Å²) in [5, 5.41) is 6.76. The summed E-state index contributed by atoms with van der Waals surface area (Å²) in [5.41, 5.74) is 0.841. The van der Waals surface area contributed by atoms with Crippen molar-refractivity contribution in [3.63, 3.8) is 0 Å². The highest BCUT2D eigenvalue weighted by molar-refractivity contribution is 5.44. The lowest BCUT2D eigenvalue weighted by Gasteiger charge is -2.33. The van der Waals surface area contributed by atoms with E-state index in [0.29, 0.717) is 6.61 Å². The van der Waals surface area contributed by atoms with E-state index < -0.39 is 0 Å². The zero-order valence-electron chi connectivity index (χ0n) is 10.4. The lowest BCUT2D eigenvalue weighted by molar-refractivity contribution is -0.0138. The third kappa shape index (κ3) is 2.49. The topological polar surface area (TPSA) is 33.3 Å². The van der Waals surface area contributed by atoms with Crippen molar-refractivity contribution in [1.82, 2.24) is 5.32 Å². The Hall–Kier alpha value is -1.13. The molecule has 0 aromatic heterocycles. The summed E-state index contributed by atoms with van der Waals surface area (Å²) in [6.07, 6.45) is 3.30. The van der Waals surface area contributed by atoms with Crippen LogP contribution in [0.4, 0.5) is 10.1 Å². The van der Waals surface area contributed by atoms with Crippen LogP contribution in [-0.2, 0) is 4.74 Å². The van der Waals surface area contributed by atoms with Crippen LogP contribution in [0, 0.1) is 5.82 Å². The summed E-state index contributed by atoms with van der Waals surface area (Å²) in [5.74, 6) is -0.201. The molecule has 18 heavy (non-hydrogen) atoms. The fourth-order valence-corrected chi connectivity index (χ4v) is 2.99. The van der Waals surface area contributed by atoms with E-state index in [4.69, 9.17) is 4.74 Å². The molecule has 2 heterocycles. The van der Waals surface area contributed by atoms with Crippen molar-refractivity contribution in [2.24, 2.45) is 0 Å². The average molecular weight is 250 g/mol. The maximum Gasteiger partial charge on any atom is 0.125 e. The minimum absolute atomic E-state index is 0.00322. The molecule has 2 unspecified atom stereocenters. The van der Waals surface area contributed by atoms with E-state index in [0.717, 1.165) is 31.6 Å². The SMILES string of the molecule is Fc1cccc(NC2COC3(CCCNC3)C2)c1. The molecular formula is C14H19FN2O. The highest BCUT2D eigenvalue weighted by Gasteiger charge is 2.41. The first kappa shape index (κ1) is 11.9. The van der Waals surface area contributed by atoms with Crippen LogP contribution in [0.2, 0.25) is 0 Å². The van der Waals surface area contributed by atoms with Crippen LogP contribution in [0.25, 0.3) is 0 Å². The van der Waals surface area contributed by atoms with Crippen LogP contribution < -0.4 is 10.6 Å². The molecule has 1 aromatic carbocycles. The summed E-state index contributed by atoms with van der Waals surface area (Å²) in [7, 11) is 0. The monoisotopic (exact) mass is 250 g/mol. The number of hydrogen-bond donors (Lipinski definition) is 2. The summed E-state index contributed by atoms with van der Waals surface area (Å²) >= 11 is 0. The van der Waals surface area contributed by atoms with Gasteiger partial charge in [-0.25, -0.2) is 4.39 Å². The van der Waals surface area contributed by atoms with Crippen LogP contribution in [0.15, 0.2) is 24.3 Å². The van der Waals surface area contributed by atoms with Gasteiger partial charge < -0.3 is 15.4 Å². The Bertz CT molecular complexity index is 418. The van der Waals surface area contributed by atoms with Gasteiger partial charge in [0, 0.05) is 12.2 Å². The maximum absolute atomic E-state index is 13.1. The van der Waals surface area contributed by atoms with Gasteiger partial charge >= 0.3 is 0 Å². The van der Waals surface area contributed by atoms with Crippen molar-refractivity contribution in [3.8, 4) is 0 Å². The van der Waals surface area contributed by atoms with E-state index >= 15 is 0 Å². The van der Waals surface area contributed by atoms with E-state index in [1.54, 1.807) is 6.07 Å². The first-order chi connectivity index (χ1) is 8.76. The van der Waals surface area contributed by atoms with Gasteiger partial charge in [0.2, 0.25) is 0 Å². The van der Waals surface area contributed by atoms with E-state index in [-0.39, 0.29) is 17.5 Å². The molecule has 0 aliphatic carbocycles. The summed E-state index contributed by atoms with van der Waals surface area (Å²) in [6, 6.07) is 6.90. The van der Waals surface area contributed by atoms with Gasteiger partial charge in [0.25, 0.3) is 0 Å². The van der Waals surface area contributed by atoms with Crippen LogP contribution >= 0.6 is 0 Å². The number of halogens is 1. The Morgan fingerprint density at radius 2 is 2.39 bits per heavy atom. The third-order valence-corrected chi connectivity index (χ3v) is 3.84. The Morgan fingerprint density at radius 3 is 3.17 bits per heavy atom. The molecule has 4 heteroatoms. The van der Waals surface area contributed by atoms with Crippen molar-refractivity contribution in [2.45, 2.75) is 30.9 Å². The predicted octanol–water partition coefficient (Wildman–Crippen LogP) is 2.15. The first-order valence-electron chi connectivity index (χ1n) is 6.63. The second-order valence-electron chi connectivity index (χ2n) is 5.33. The quantitative estimate of drug-likeness (QED) is 0.843. The van der Waals surface area contributed by atoms with Gasteiger partial charge in [-0.3, -0.25) is 0 Å². The molecule has 2 fully saturated rings. The molecule has 2 saturated heterocycles. The zero-order chi connectivity index (χ0) is 12.4. The fourth-order valence-electron chi connectivity index (χ4n) is 2.99. The molecule has 3 rings (SSSR count). The van der Waals surface area contributed by atoms with Crippen molar-refractivity contribution in [1.29, 1.82) is 0 Å². The van der Waals surface area contributed by atoms with Crippen molar-refractivity contribution < 1.29 is 9.13 Å². The van der Waals surface area contributed by atoms with Crippen LogP contribution in [-0.4, -0.2) is 31.3 Å². The number of rotatable bonds is 2. The first-order valence-corrected chi connectivity index (χ1v) is 6.63. The van der Waals surface area contributed by atoms with Crippen LogP contribution in [0.3, 0.4) is 0 Å². The Kier molecular flexibility index (Phi) is 3.22. The molecule has 1 spiro atoms. The lowest BCUT2D eigenvalue weighted by Crippen LogP contribution is -2.45. The molecule has 98 valence electrons. The second kappa shape index (κ2) is 4.86. The van der Waals surface area contributed by atoms with Crippen LogP contribution in [0.5, 0.6) is 0 Å². The van der Waals surface area contributed by atoms with Crippen molar-refractivity contribution in [3.05, 3.63) is 30.1 Å². The largest absolute Gasteiger partial charge is 0.380 e. The van der Waals surface area contributed by atoms with Crippen molar-refractivity contribution >= 4 is 5.69 Å². The number of anilines is 1. The molecule has 0 radical (unpaired) electrons. The van der Waals surface area contributed by atoms with Crippen molar-refractivity contribution in [2.75, 3.05) is 25.0 Å². The normalized spacial score (nSPS) is 31.7. The molecule has 0 amide bonds. The Balaban J connectivity index is 1.62. The molecule has 3 nitrogen and oxygen atoms in total. The molecule has 2 N–H and O–H groups in total. The molecule has 1 aromatic rings. The Labute approximate surface area is 107 Å². The van der Waals surface area contributed by atoms with Gasteiger partial charge in [-0.05, 0) is 44.0 Å². The summed E-state index contributed by atoms with van der Waals surface area (Å²) in [4.78, 5) is 0. The third-order valence-electron chi connectivity index (χ3n) is 3.84. The minimum Gasteiger partial charge on any atom is -0.380 e. The van der Waals surface area contributed by atoms with Gasteiger partial charge in [-0.2, -0.15) is 0 Å². The predicted molar refractivity (Wildman–Crippen MR) is 69.2 cm³/mol. The zero-order valence-corrected chi connectivity index (χ0v) is 10.4. The molecule has 0 saturated carbocycles. The fraction of sp³-hybridized carbons (Fsp3) is 0.571. The highest BCUT2D eigenvalue weighted by Crippen LogP contribution is 2.33. The molecule has 2 aliphatic rings. The Morgan fingerprint density at radius 1 is 1.44 bits per heavy atom. The number of hydrogen-bond acceptors (Lipinski definition) is 3. The summed E-state index contributed by atoms with van der Waals surface area (Å²) in [6.45, 7) is 2.74. The highest BCUT2D eigenvalue weighted by atomic mass is 19.1. The molecule has 0 bridgehead atoms. The van der Waals surface area contributed by atoms with Crippen LogP contribution in [0.1, 0.15) is 19.3 Å². The molecule has 2 atom stereocenters. The number of benzene rings is 1. The van der Waals surface area contributed by atoms with Gasteiger partial charge in [-0.15, -0.1) is 0 Å². The van der Waals surface area contributed by atoms with Gasteiger partial charge in [0.1, 0.15) is 5.82 Å². The smallest absolute Gasteiger partial charge is 0.125 e. The second-order valence-corrected chi connectivity index (χ2v) is 5.33. The molecular weight excluding hydrogens is 231 g/mol. The van der Waals surface area contributed by atoms with E-state index in [1.807, 2.05) is 6.07 Å². The van der Waals surface area contributed by atoms with Gasteiger partial charge in [0.15, 0.2) is 0 Å². The van der Waals surface area contributed by atoms with Gasteiger partial charge in [-0.1, -0.05) is 6.07 Å². The van der Waals surface area contributed by atoms with E-state index in [1.165, 1.54) is 18.6 Å². The lowest BCUT2D eigenvalue weighted by atomic mass is 9.90. The number of ether oxygens (including phenoxy) is 1. The van der Waals surface area contributed by atoms with Gasteiger partial charge in [0.05, 0.1) is 18.2 Å². The van der Waals surface area contributed by atoms with E-state index in [9.17, 15) is 4.39 Å². The average Bonchev–Trinajstić information content (AvgIpc) is 2.73. The molecule has 2 aliphatic heterocycles. The number of nitrogens with one attached hydrogen (secondary N) is 2. The standard InChI is InChI=1S/C14H19FN2O/c15-11-3-1-4-12(7-11)17-13-8-14(18-9-13)5-2-6-16-10-14/h1,3-4,7,13,16-17H,2,5-6,8-10H2. The number of piperidine rings is 1.